The van der Waals surface area contributed by atoms with Crippen LogP contribution < -0.4 is 5.73 Å². The zero-order valence-corrected chi connectivity index (χ0v) is 7.25. The summed E-state index contributed by atoms with van der Waals surface area (Å²) < 4.78 is 0. The van der Waals surface area contributed by atoms with E-state index in [-0.39, 0.29) is 41.5 Å². The summed E-state index contributed by atoms with van der Waals surface area (Å²) in [6.45, 7) is 2.54. The van der Waals surface area contributed by atoms with Crippen LogP contribution >= 0.6 is 0 Å². The Balaban J connectivity index is 0.00000144. The average Bonchev–Trinajstić information content (AvgIpc) is 2.38. The third-order valence-corrected chi connectivity index (χ3v) is 2.20. The number of likely N-dealkylation sites (tertiary alicyclic amines) is 1. The van der Waals surface area contributed by atoms with Crippen LogP contribution in [-0.4, -0.2) is 58.9 Å². The van der Waals surface area contributed by atoms with Gasteiger partial charge in [-0.1, -0.05) is 6.92 Å². The standard InChI is InChI=1S/C8H14N2O2.Na.H/c1-2-6(8(9)12)10-5-3-4-7(10)11;;/h6H,2-5H2,1H3,(H2,9,12);;. The Morgan fingerprint density at radius 1 is 1.69 bits per heavy atom. The molecule has 5 heteroatoms. The molecule has 0 aliphatic carbocycles. The molecule has 0 aromatic rings. The molecular weight excluding hydrogens is 179 g/mol. The van der Waals surface area contributed by atoms with Crippen LogP contribution in [0.2, 0.25) is 0 Å². The molecule has 1 rings (SSSR count). The van der Waals surface area contributed by atoms with Crippen LogP contribution in [0, 0.1) is 0 Å². The maximum absolute atomic E-state index is 11.2. The van der Waals surface area contributed by atoms with Crippen molar-refractivity contribution in [2.45, 2.75) is 32.2 Å². The van der Waals surface area contributed by atoms with Crippen molar-refractivity contribution in [3.63, 3.8) is 0 Å². The van der Waals surface area contributed by atoms with Gasteiger partial charge >= 0.3 is 29.6 Å². The Bertz CT molecular complexity index is 208. The van der Waals surface area contributed by atoms with Gasteiger partial charge < -0.3 is 10.6 Å². The van der Waals surface area contributed by atoms with Gasteiger partial charge in [-0.25, -0.2) is 0 Å². The van der Waals surface area contributed by atoms with E-state index in [9.17, 15) is 9.59 Å². The van der Waals surface area contributed by atoms with E-state index in [2.05, 4.69) is 0 Å². The molecule has 0 bridgehead atoms. The molecule has 13 heavy (non-hydrogen) atoms. The first-order chi connectivity index (χ1) is 5.66. The Hall–Kier alpha value is -0.0600. The monoisotopic (exact) mass is 194 g/mol. The Morgan fingerprint density at radius 2 is 2.31 bits per heavy atom. The van der Waals surface area contributed by atoms with E-state index in [1.807, 2.05) is 6.92 Å². The molecule has 70 valence electrons. The number of nitrogens with zero attached hydrogens (tertiary/aromatic N) is 1. The van der Waals surface area contributed by atoms with Crippen LogP contribution in [0.25, 0.3) is 0 Å². The molecule has 1 aliphatic heterocycles. The molecule has 1 saturated heterocycles. The van der Waals surface area contributed by atoms with Gasteiger partial charge in [0, 0.05) is 13.0 Å². The first-order valence-electron chi connectivity index (χ1n) is 4.25. The maximum atomic E-state index is 11.2. The molecule has 1 atom stereocenters. The summed E-state index contributed by atoms with van der Waals surface area (Å²) in [5.74, 6) is -0.339. The fourth-order valence-corrected chi connectivity index (χ4v) is 1.57. The normalized spacial score (nSPS) is 18.2. The molecule has 1 aliphatic rings. The second-order valence-electron chi connectivity index (χ2n) is 3.02. The second kappa shape index (κ2) is 5.62. The Labute approximate surface area is 100 Å². The van der Waals surface area contributed by atoms with Crippen LogP contribution in [0.3, 0.4) is 0 Å². The van der Waals surface area contributed by atoms with E-state index in [0.29, 0.717) is 19.4 Å². The first kappa shape index (κ1) is 12.9. The van der Waals surface area contributed by atoms with Gasteiger partial charge in [0.05, 0.1) is 0 Å². The molecule has 1 fully saturated rings. The molecule has 0 aromatic heterocycles. The molecule has 0 spiro atoms. The predicted octanol–water partition coefficient (Wildman–Crippen LogP) is -0.776. The van der Waals surface area contributed by atoms with Crippen molar-refractivity contribution in [2.75, 3.05) is 6.54 Å². The predicted molar refractivity (Wildman–Crippen MR) is 51.4 cm³/mol. The Morgan fingerprint density at radius 3 is 2.62 bits per heavy atom. The van der Waals surface area contributed by atoms with Crippen molar-refractivity contribution in [1.29, 1.82) is 0 Å². The van der Waals surface area contributed by atoms with Crippen LogP contribution in [0.1, 0.15) is 26.2 Å². The van der Waals surface area contributed by atoms with Crippen LogP contribution in [0.4, 0.5) is 0 Å². The number of carbonyl (C=O) groups excluding carboxylic acids is 2. The van der Waals surface area contributed by atoms with Gasteiger partial charge in [-0.2, -0.15) is 0 Å². The Kier molecular flexibility index (Phi) is 5.60. The van der Waals surface area contributed by atoms with E-state index in [4.69, 9.17) is 5.73 Å². The summed E-state index contributed by atoms with van der Waals surface area (Å²) in [6.07, 6.45) is 2.02. The average molecular weight is 194 g/mol. The van der Waals surface area contributed by atoms with Crippen LogP contribution in [-0.2, 0) is 9.59 Å². The van der Waals surface area contributed by atoms with Gasteiger partial charge in [0.1, 0.15) is 6.04 Å². The van der Waals surface area contributed by atoms with E-state index >= 15 is 0 Å². The number of carbonyl (C=O) groups is 2. The zero-order chi connectivity index (χ0) is 9.14. The molecule has 2 amide bonds. The van der Waals surface area contributed by atoms with Crippen molar-refractivity contribution in [1.82, 2.24) is 4.90 Å². The first-order valence-corrected chi connectivity index (χ1v) is 4.25. The minimum absolute atomic E-state index is 0. The van der Waals surface area contributed by atoms with Gasteiger partial charge in [0.25, 0.3) is 0 Å². The zero-order valence-electron chi connectivity index (χ0n) is 7.25. The van der Waals surface area contributed by atoms with Gasteiger partial charge in [0.15, 0.2) is 0 Å². The van der Waals surface area contributed by atoms with Crippen molar-refractivity contribution in [3.8, 4) is 0 Å². The minimum atomic E-state index is -0.396. The summed E-state index contributed by atoms with van der Waals surface area (Å²) in [5.41, 5.74) is 5.16. The molecule has 2 N–H and O–H groups in total. The van der Waals surface area contributed by atoms with E-state index in [1.54, 1.807) is 4.90 Å². The summed E-state index contributed by atoms with van der Waals surface area (Å²) in [4.78, 5) is 23.7. The van der Waals surface area contributed by atoms with Gasteiger partial charge in [0.2, 0.25) is 11.8 Å². The molecule has 1 unspecified atom stereocenters. The van der Waals surface area contributed by atoms with Gasteiger partial charge in [-0.3, -0.25) is 9.59 Å². The second-order valence-corrected chi connectivity index (χ2v) is 3.02. The molecule has 4 nitrogen and oxygen atoms in total. The number of nitrogens with two attached hydrogens (primary N) is 1. The summed E-state index contributed by atoms with van der Waals surface area (Å²) in [5, 5.41) is 0. The summed E-state index contributed by atoms with van der Waals surface area (Å²) in [7, 11) is 0. The molecule has 1 heterocycles. The molecule has 0 aromatic carbocycles. The number of rotatable bonds is 3. The third kappa shape index (κ3) is 2.97. The molecular formula is C8H15N2NaO2. The van der Waals surface area contributed by atoms with Crippen LogP contribution in [0.5, 0.6) is 0 Å². The third-order valence-electron chi connectivity index (χ3n) is 2.20. The van der Waals surface area contributed by atoms with E-state index < -0.39 is 5.91 Å². The fraction of sp³-hybridized carbons (Fsp3) is 0.750. The van der Waals surface area contributed by atoms with E-state index in [0.717, 1.165) is 6.42 Å². The number of primary amides is 1. The number of hydrogen-bond acceptors (Lipinski definition) is 2. The summed E-state index contributed by atoms with van der Waals surface area (Å²) in [6, 6.07) is -0.389. The quantitative estimate of drug-likeness (QED) is 0.599. The topological polar surface area (TPSA) is 63.4 Å². The number of amides is 2. The van der Waals surface area contributed by atoms with Gasteiger partial charge in [-0.15, -0.1) is 0 Å². The number of hydrogen-bond donors (Lipinski definition) is 1. The van der Waals surface area contributed by atoms with Gasteiger partial charge in [-0.05, 0) is 12.8 Å². The molecule has 0 saturated carbocycles. The SMILES string of the molecule is CCC(C(N)=O)N1CCCC1=O.[NaH]. The van der Waals surface area contributed by atoms with E-state index in [1.165, 1.54) is 0 Å². The van der Waals surface area contributed by atoms with Crippen molar-refractivity contribution >= 4 is 41.4 Å². The summed E-state index contributed by atoms with van der Waals surface area (Å²) >= 11 is 0. The van der Waals surface area contributed by atoms with Crippen molar-refractivity contribution in [3.05, 3.63) is 0 Å². The van der Waals surface area contributed by atoms with Crippen molar-refractivity contribution in [2.24, 2.45) is 5.73 Å². The fourth-order valence-electron chi connectivity index (χ4n) is 1.57. The van der Waals surface area contributed by atoms with Crippen molar-refractivity contribution < 1.29 is 9.59 Å². The molecule has 0 radical (unpaired) electrons. The van der Waals surface area contributed by atoms with Crippen LogP contribution in [0.15, 0.2) is 0 Å².